The summed E-state index contributed by atoms with van der Waals surface area (Å²) in [7, 11) is 0. The van der Waals surface area contributed by atoms with Crippen LogP contribution in [0.15, 0.2) is 0 Å². The summed E-state index contributed by atoms with van der Waals surface area (Å²) in [4.78, 5) is 0. The van der Waals surface area contributed by atoms with Crippen molar-refractivity contribution in [3.8, 4) is 0 Å². The van der Waals surface area contributed by atoms with Crippen molar-refractivity contribution >= 4 is 13.8 Å². The van der Waals surface area contributed by atoms with Gasteiger partial charge in [0.25, 0.3) is 0 Å². The average Bonchev–Trinajstić information content (AvgIpc) is 1.88. The van der Waals surface area contributed by atoms with E-state index in [2.05, 4.69) is 20.8 Å². The molecule has 0 aromatic carbocycles. The van der Waals surface area contributed by atoms with E-state index >= 15 is 0 Å². The van der Waals surface area contributed by atoms with E-state index in [0.717, 1.165) is 0 Å². The Hall–Kier alpha value is 0.518. The molecule has 0 aliphatic heterocycles. The first-order valence-corrected chi connectivity index (χ1v) is 10.6. The topological polar surface area (TPSA) is 26.0 Å². The molecule has 0 aromatic heterocycles. The van der Waals surface area contributed by atoms with E-state index in [9.17, 15) is 0 Å². The van der Waals surface area contributed by atoms with Crippen LogP contribution >= 0.6 is 0 Å². The first kappa shape index (κ1) is 11.5. The summed E-state index contributed by atoms with van der Waals surface area (Å²) < 4.78 is 6.42. The van der Waals surface area contributed by atoms with Crippen LogP contribution in [0.4, 0.5) is 0 Å². The summed E-state index contributed by atoms with van der Waals surface area (Å²) in [6, 6.07) is 0. The van der Waals surface area contributed by atoms with Crippen molar-refractivity contribution in [2.45, 2.75) is 55.7 Å². The molecule has 0 fully saturated rings. The van der Waals surface area contributed by atoms with Crippen LogP contribution in [0, 0.1) is 0 Å². The summed E-state index contributed by atoms with van der Waals surface area (Å²) >= 11 is -1.74. The summed E-state index contributed by atoms with van der Waals surface area (Å²) in [5, 5.41) is 4.13. The summed E-state index contributed by atoms with van der Waals surface area (Å²) in [5.74, 6) is 0. The zero-order chi connectivity index (χ0) is 8.74. The molecule has 0 bridgehead atoms. The first-order chi connectivity index (χ1) is 5.18. The van der Waals surface area contributed by atoms with Gasteiger partial charge in [0.15, 0.2) is 0 Å². The van der Waals surface area contributed by atoms with Gasteiger partial charge in [-0.05, 0) is 0 Å². The minimum atomic E-state index is -1.74. The van der Waals surface area contributed by atoms with Crippen LogP contribution in [0.25, 0.3) is 0 Å². The van der Waals surface area contributed by atoms with Crippen molar-refractivity contribution in [3.63, 3.8) is 0 Å². The quantitative estimate of drug-likeness (QED) is 0.686. The van der Waals surface area contributed by atoms with Crippen LogP contribution < -0.4 is 4.65 Å². The van der Waals surface area contributed by atoms with Crippen molar-refractivity contribution in [2.75, 3.05) is 0 Å². The SMILES string of the molecule is CCC[AsH](N)(CCC)CCC. The Morgan fingerprint density at radius 3 is 1.27 bits per heavy atom. The molecule has 0 aromatic rings. The molecule has 0 spiro atoms. The molecule has 2 heteroatoms. The fourth-order valence-electron chi connectivity index (χ4n) is 1.87. The van der Waals surface area contributed by atoms with Gasteiger partial charge in [0.2, 0.25) is 0 Å². The zero-order valence-electron chi connectivity index (χ0n) is 8.32. The molecule has 1 nitrogen and oxygen atoms in total. The molecule has 0 aliphatic rings. The number of hydrogen-bond acceptors (Lipinski definition) is 1. The fraction of sp³-hybridized carbons (Fsp3) is 1.00. The maximum atomic E-state index is 6.42. The number of rotatable bonds is 6. The molecule has 2 N–H and O–H groups in total. The van der Waals surface area contributed by atoms with Crippen molar-refractivity contribution in [1.29, 1.82) is 0 Å². The van der Waals surface area contributed by atoms with Crippen LogP contribution in [0.2, 0.25) is 15.6 Å². The Balaban J connectivity index is 3.79. The van der Waals surface area contributed by atoms with Crippen molar-refractivity contribution in [3.05, 3.63) is 0 Å². The molecule has 70 valence electrons. The molecule has 0 atom stereocenters. The Morgan fingerprint density at radius 1 is 0.818 bits per heavy atom. The van der Waals surface area contributed by atoms with Gasteiger partial charge in [0, 0.05) is 0 Å². The predicted molar refractivity (Wildman–Crippen MR) is 56.6 cm³/mol. The van der Waals surface area contributed by atoms with Crippen LogP contribution in [0.1, 0.15) is 40.0 Å². The van der Waals surface area contributed by atoms with Gasteiger partial charge < -0.3 is 0 Å². The molecule has 0 saturated heterocycles. The molecule has 0 aliphatic carbocycles. The standard InChI is InChI=1S/C9H24AsN/c1-4-7-10(11,8-5-2)9-6-3/h10H,4-9,11H2,1-3H3. The molecule has 11 heavy (non-hydrogen) atoms. The Labute approximate surface area is 74.4 Å². The molecule has 0 amide bonds. The molecule has 0 saturated carbocycles. The fourth-order valence-corrected chi connectivity index (χ4v) is 9.71. The van der Waals surface area contributed by atoms with E-state index in [-0.39, 0.29) is 0 Å². The van der Waals surface area contributed by atoms with Gasteiger partial charge in [-0.3, -0.25) is 0 Å². The van der Waals surface area contributed by atoms with Gasteiger partial charge in [0.05, 0.1) is 0 Å². The Bertz CT molecular complexity index is 76.5. The Morgan fingerprint density at radius 2 is 1.09 bits per heavy atom. The summed E-state index contributed by atoms with van der Waals surface area (Å²) in [6.45, 7) is 6.79. The van der Waals surface area contributed by atoms with E-state index in [4.69, 9.17) is 4.65 Å². The van der Waals surface area contributed by atoms with E-state index in [1.54, 1.807) is 0 Å². The van der Waals surface area contributed by atoms with Crippen LogP contribution in [-0.2, 0) is 0 Å². The van der Waals surface area contributed by atoms with E-state index < -0.39 is 13.8 Å². The molecular weight excluding hydrogens is 197 g/mol. The van der Waals surface area contributed by atoms with Gasteiger partial charge in [-0.2, -0.15) is 0 Å². The predicted octanol–water partition coefficient (Wildman–Crippen LogP) is 2.85. The molecule has 0 unspecified atom stereocenters. The van der Waals surface area contributed by atoms with Gasteiger partial charge in [0.1, 0.15) is 0 Å². The van der Waals surface area contributed by atoms with Gasteiger partial charge in [-0.25, -0.2) is 0 Å². The number of nitrogens with two attached hydrogens (primary N) is 1. The first-order valence-electron chi connectivity index (χ1n) is 4.97. The molecule has 0 radical (unpaired) electrons. The van der Waals surface area contributed by atoms with Crippen LogP contribution in [0.3, 0.4) is 0 Å². The third-order valence-corrected chi connectivity index (χ3v) is 11.7. The average molecular weight is 221 g/mol. The third-order valence-electron chi connectivity index (χ3n) is 2.24. The van der Waals surface area contributed by atoms with Crippen molar-refractivity contribution in [1.82, 2.24) is 0 Å². The van der Waals surface area contributed by atoms with E-state index in [0.29, 0.717) is 0 Å². The molecule has 0 heterocycles. The van der Waals surface area contributed by atoms with Crippen LogP contribution in [0.5, 0.6) is 0 Å². The summed E-state index contributed by atoms with van der Waals surface area (Å²) in [5.41, 5.74) is 0. The number of hydrogen-bond donors (Lipinski definition) is 1. The van der Waals surface area contributed by atoms with Crippen LogP contribution in [-0.4, -0.2) is 13.8 Å². The minimum absolute atomic E-state index is 1.30. The second-order valence-corrected chi connectivity index (χ2v) is 12.5. The van der Waals surface area contributed by atoms with Crippen molar-refractivity contribution in [2.24, 2.45) is 4.65 Å². The Kier molecular flexibility index (Phi) is 6.37. The second-order valence-electron chi connectivity index (χ2n) is 3.61. The normalized spacial score (nSPS) is 13.5. The van der Waals surface area contributed by atoms with E-state index in [1.165, 1.54) is 34.9 Å². The molecule has 0 rings (SSSR count). The van der Waals surface area contributed by atoms with Gasteiger partial charge in [-0.15, -0.1) is 0 Å². The monoisotopic (exact) mass is 221 g/mol. The molecular formula is C9H24AsN. The third kappa shape index (κ3) is 4.87. The van der Waals surface area contributed by atoms with Gasteiger partial charge >= 0.3 is 74.1 Å². The van der Waals surface area contributed by atoms with Gasteiger partial charge in [-0.1, -0.05) is 0 Å². The maximum absolute atomic E-state index is 6.42. The second kappa shape index (κ2) is 6.08. The zero-order valence-corrected chi connectivity index (χ0v) is 10.4. The van der Waals surface area contributed by atoms with Crippen molar-refractivity contribution < 1.29 is 0 Å². The van der Waals surface area contributed by atoms with E-state index in [1.807, 2.05) is 0 Å². The summed E-state index contributed by atoms with van der Waals surface area (Å²) in [6.07, 6.45) is 3.91.